The summed E-state index contributed by atoms with van der Waals surface area (Å²) < 4.78 is 28.8. The highest BCUT2D eigenvalue weighted by Gasteiger charge is 2.17. The number of halogens is 3. The van der Waals surface area contributed by atoms with Crippen molar-refractivity contribution in [2.24, 2.45) is 12.0 Å². The lowest BCUT2D eigenvalue weighted by Gasteiger charge is -2.00. The first-order valence-electron chi connectivity index (χ1n) is 6.75. The lowest BCUT2D eigenvalue weighted by Crippen LogP contribution is -2.14. The van der Waals surface area contributed by atoms with Gasteiger partial charge >= 0.3 is 0 Å². The van der Waals surface area contributed by atoms with E-state index >= 15 is 0 Å². The van der Waals surface area contributed by atoms with Gasteiger partial charge in [0.2, 0.25) is 0 Å². The van der Waals surface area contributed by atoms with Crippen LogP contribution < -0.4 is 4.80 Å². The molecule has 0 fully saturated rings. The summed E-state index contributed by atoms with van der Waals surface area (Å²) in [6, 6.07) is 5.27. The maximum absolute atomic E-state index is 13.9. The number of benzene rings is 2. The number of thiazole rings is 1. The molecule has 1 heterocycles. The van der Waals surface area contributed by atoms with Crippen LogP contribution in [0.5, 0.6) is 0 Å². The van der Waals surface area contributed by atoms with Gasteiger partial charge in [0, 0.05) is 25.2 Å². The SMILES string of the molecule is Cn1c(=NC(=O)c2cc([N+](=O)[O-])ccc2Cl)sc2cc(F)cc(F)c21. The molecule has 1 aromatic heterocycles. The van der Waals surface area contributed by atoms with Gasteiger partial charge in [0.1, 0.15) is 5.82 Å². The van der Waals surface area contributed by atoms with Crippen LogP contribution in [0.4, 0.5) is 14.5 Å². The quantitative estimate of drug-likeness (QED) is 0.498. The number of nitro benzene ring substituents is 1. The molecule has 0 spiro atoms. The Balaban J connectivity index is 2.16. The molecular formula is C15H8ClF2N3O3S. The predicted molar refractivity (Wildman–Crippen MR) is 88.7 cm³/mol. The Morgan fingerprint density at radius 2 is 2.04 bits per heavy atom. The van der Waals surface area contributed by atoms with E-state index in [1.807, 2.05) is 0 Å². The van der Waals surface area contributed by atoms with Crippen molar-refractivity contribution in [1.82, 2.24) is 4.57 Å². The number of hydrogen-bond donors (Lipinski definition) is 0. The number of nitrogens with zero attached hydrogens (tertiary/aromatic N) is 3. The Bertz CT molecular complexity index is 1110. The highest BCUT2D eigenvalue weighted by atomic mass is 35.5. The van der Waals surface area contributed by atoms with E-state index in [0.29, 0.717) is 0 Å². The van der Waals surface area contributed by atoms with Crippen LogP contribution in [0, 0.1) is 21.7 Å². The number of aromatic nitrogens is 1. The first kappa shape index (κ1) is 17.2. The largest absolute Gasteiger partial charge is 0.317 e. The zero-order valence-corrected chi connectivity index (χ0v) is 14.1. The van der Waals surface area contributed by atoms with E-state index in [1.165, 1.54) is 17.7 Å². The van der Waals surface area contributed by atoms with Gasteiger partial charge in [-0.25, -0.2) is 8.78 Å². The number of fused-ring (bicyclic) bond motifs is 1. The van der Waals surface area contributed by atoms with Crippen LogP contribution in [0.2, 0.25) is 5.02 Å². The molecule has 128 valence electrons. The van der Waals surface area contributed by atoms with Gasteiger partial charge in [0.05, 0.1) is 25.7 Å². The van der Waals surface area contributed by atoms with Gasteiger partial charge in [-0.2, -0.15) is 4.99 Å². The Hall–Kier alpha value is -2.65. The van der Waals surface area contributed by atoms with Gasteiger partial charge in [-0.05, 0) is 12.1 Å². The fourth-order valence-corrected chi connectivity index (χ4v) is 3.50. The fourth-order valence-electron chi connectivity index (χ4n) is 2.24. The molecule has 0 aliphatic heterocycles. The van der Waals surface area contributed by atoms with Crippen molar-refractivity contribution in [2.75, 3.05) is 0 Å². The van der Waals surface area contributed by atoms with Gasteiger partial charge < -0.3 is 4.57 Å². The Morgan fingerprint density at radius 3 is 2.72 bits per heavy atom. The molecule has 6 nitrogen and oxygen atoms in total. The van der Waals surface area contributed by atoms with Crippen molar-refractivity contribution in [2.45, 2.75) is 0 Å². The van der Waals surface area contributed by atoms with Crippen molar-refractivity contribution >= 4 is 44.7 Å². The molecule has 0 saturated carbocycles. The van der Waals surface area contributed by atoms with Crippen LogP contribution in [-0.2, 0) is 7.05 Å². The molecule has 3 aromatic rings. The molecule has 1 amide bonds. The molecular weight excluding hydrogens is 376 g/mol. The smallest absolute Gasteiger partial charge is 0.281 e. The molecule has 25 heavy (non-hydrogen) atoms. The molecule has 3 rings (SSSR count). The van der Waals surface area contributed by atoms with Gasteiger partial charge in [-0.1, -0.05) is 22.9 Å². The van der Waals surface area contributed by atoms with E-state index in [2.05, 4.69) is 4.99 Å². The van der Waals surface area contributed by atoms with Gasteiger partial charge in [0.25, 0.3) is 11.6 Å². The lowest BCUT2D eigenvalue weighted by molar-refractivity contribution is -0.384. The predicted octanol–water partition coefficient (Wildman–Crippen LogP) is 3.82. The topological polar surface area (TPSA) is 77.5 Å². The minimum atomic E-state index is -0.822. The van der Waals surface area contributed by atoms with E-state index in [-0.39, 0.29) is 31.3 Å². The zero-order valence-electron chi connectivity index (χ0n) is 12.5. The van der Waals surface area contributed by atoms with Crippen molar-refractivity contribution in [3.63, 3.8) is 0 Å². The second-order valence-electron chi connectivity index (χ2n) is 5.02. The monoisotopic (exact) mass is 383 g/mol. The molecule has 2 aromatic carbocycles. The minimum Gasteiger partial charge on any atom is -0.317 e. The third-order valence-corrected chi connectivity index (χ3v) is 4.81. The number of carbonyl (C=O) groups is 1. The van der Waals surface area contributed by atoms with Crippen LogP contribution in [0.3, 0.4) is 0 Å². The molecule has 0 radical (unpaired) electrons. The Morgan fingerprint density at radius 1 is 1.32 bits per heavy atom. The summed E-state index contributed by atoms with van der Waals surface area (Å²) in [4.78, 5) is 26.5. The molecule has 0 bridgehead atoms. The molecule has 10 heteroatoms. The first-order chi connectivity index (χ1) is 11.8. The maximum Gasteiger partial charge on any atom is 0.281 e. The second kappa shape index (κ2) is 6.34. The summed E-state index contributed by atoms with van der Waals surface area (Å²) in [6.07, 6.45) is 0. The van der Waals surface area contributed by atoms with Crippen molar-refractivity contribution in [3.05, 3.63) is 67.5 Å². The van der Waals surface area contributed by atoms with Crippen molar-refractivity contribution < 1.29 is 18.5 Å². The van der Waals surface area contributed by atoms with Crippen LogP contribution in [-0.4, -0.2) is 15.4 Å². The highest BCUT2D eigenvalue weighted by molar-refractivity contribution is 7.16. The number of nitro groups is 1. The molecule has 0 N–H and O–H groups in total. The third-order valence-electron chi connectivity index (χ3n) is 3.41. The summed E-state index contributed by atoms with van der Waals surface area (Å²) in [5, 5.41) is 10.8. The van der Waals surface area contributed by atoms with Crippen LogP contribution in [0.15, 0.2) is 35.3 Å². The molecule has 0 saturated heterocycles. The fraction of sp³-hybridized carbons (Fsp3) is 0.0667. The average Bonchev–Trinajstić information content (AvgIpc) is 2.83. The van der Waals surface area contributed by atoms with Gasteiger partial charge in [-0.15, -0.1) is 0 Å². The second-order valence-corrected chi connectivity index (χ2v) is 6.43. The molecule has 0 aliphatic carbocycles. The normalized spacial score (nSPS) is 11.9. The summed E-state index contributed by atoms with van der Waals surface area (Å²) in [5.74, 6) is -2.35. The molecule has 0 unspecified atom stereocenters. The van der Waals surface area contributed by atoms with Crippen molar-refractivity contribution in [1.29, 1.82) is 0 Å². The van der Waals surface area contributed by atoms with Crippen LogP contribution in [0.25, 0.3) is 10.2 Å². The number of hydrogen-bond acceptors (Lipinski definition) is 4. The number of rotatable bonds is 2. The molecule has 0 aliphatic rings. The van der Waals surface area contributed by atoms with E-state index in [9.17, 15) is 23.7 Å². The molecule has 0 atom stereocenters. The summed E-state index contributed by atoms with van der Waals surface area (Å²) in [7, 11) is 1.47. The zero-order chi connectivity index (χ0) is 18.3. The van der Waals surface area contributed by atoms with Crippen molar-refractivity contribution in [3.8, 4) is 0 Å². The highest BCUT2D eigenvalue weighted by Crippen LogP contribution is 2.24. The summed E-state index contributed by atoms with van der Waals surface area (Å²) in [5.41, 5.74) is -0.361. The third kappa shape index (κ3) is 3.15. The minimum absolute atomic E-state index is 0.000314. The van der Waals surface area contributed by atoms with Crippen LogP contribution in [0.1, 0.15) is 10.4 Å². The Labute approximate surface area is 147 Å². The standard InChI is InChI=1S/C15H8ClF2N3O3S/c1-20-13-11(18)4-7(17)5-12(13)25-15(20)19-14(22)9-6-8(21(23)24)2-3-10(9)16/h2-6H,1H3. The number of carbonyl (C=O) groups excluding carboxylic acids is 1. The Kier molecular flexibility index (Phi) is 4.36. The maximum atomic E-state index is 13.9. The van der Waals surface area contributed by atoms with Gasteiger partial charge in [0.15, 0.2) is 10.6 Å². The number of non-ortho nitro benzene ring substituents is 1. The van der Waals surface area contributed by atoms with E-state index in [1.54, 1.807) is 0 Å². The van der Waals surface area contributed by atoms with E-state index < -0.39 is 22.5 Å². The average molecular weight is 384 g/mol. The van der Waals surface area contributed by atoms with Gasteiger partial charge in [-0.3, -0.25) is 14.9 Å². The number of amides is 1. The lowest BCUT2D eigenvalue weighted by atomic mass is 10.2. The number of aryl methyl sites for hydroxylation is 1. The van der Waals surface area contributed by atoms with E-state index in [4.69, 9.17) is 11.6 Å². The van der Waals surface area contributed by atoms with E-state index in [0.717, 1.165) is 35.6 Å². The first-order valence-corrected chi connectivity index (χ1v) is 7.95. The van der Waals surface area contributed by atoms with Crippen LogP contribution >= 0.6 is 22.9 Å². The summed E-state index contributed by atoms with van der Waals surface area (Å²) in [6.45, 7) is 0. The summed E-state index contributed by atoms with van der Waals surface area (Å²) >= 11 is 6.82.